The summed E-state index contributed by atoms with van der Waals surface area (Å²) in [5.41, 5.74) is 0.605. The van der Waals surface area contributed by atoms with Crippen molar-refractivity contribution in [3.8, 4) is 5.75 Å². The van der Waals surface area contributed by atoms with E-state index >= 15 is 0 Å². The fraction of sp³-hybridized carbons (Fsp3) is 0.429. The minimum Gasteiger partial charge on any atom is -0.495 e. The van der Waals surface area contributed by atoms with E-state index in [1.165, 1.54) is 7.11 Å². The summed E-state index contributed by atoms with van der Waals surface area (Å²) in [5.74, 6) is -0.496. The van der Waals surface area contributed by atoms with Gasteiger partial charge in [-0.05, 0) is 26.1 Å². The van der Waals surface area contributed by atoms with Crippen LogP contribution < -0.4 is 10.1 Å². The van der Waals surface area contributed by atoms with Gasteiger partial charge in [-0.25, -0.2) is 0 Å². The molecule has 0 aliphatic carbocycles. The lowest BCUT2D eigenvalue weighted by Gasteiger charge is -2.20. The summed E-state index contributed by atoms with van der Waals surface area (Å²) in [6, 6.07) is 6.51. The molecule has 0 heterocycles. The molecule has 6 nitrogen and oxygen atoms in total. The maximum Gasteiger partial charge on any atom is 0.320 e. The number of anilines is 1. The number of amides is 1. The Bertz CT molecular complexity index is 476. The fourth-order valence-corrected chi connectivity index (χ4v) is 1.62. The number of nitrogens with zero attached hydrogens (tertiary/aromatic N) is 1. The van der Waals surface area contributed by atoms with E-state index in [2.05, 4.69) is 5.32 Å². The van der Waals surface area contributed by atoms with E-state index < -0.39 is 12.0 Å². The second-order valence-electron chi connectivity index (χ2n) is 4.49. The third-order valence-corrected chi connectivity index (χ3v) is 3.09. The molecular formula is C14H20N2O4. The second kappa shape index (κ2) is 7.49. The molecule has 1 atom stereocenters. The Balaban J connectivity index is 2.50. The molecule has 20 heavy (non-hydrogen) atoms. The van der Waals surface area contributed by atoms with E-state index in [0.29, 0.717) is 18.0 Å². The molecule has 0 radical (unpaired) electrons. The van der Waals surface area contributed by atoms with Crippen LogP contribution in [0.4, 0.5) is 5.69 Å². The molecule has 0 aromatic heterocycles. The zero-order chi connectivity index (χ0) is 15.1. The van der Waals surface area contributed by atoms with Crippen LogP contribution in [-0.4, -0.2) is 48.6 Å². The molecule has 110 valence electrons. The van der Waals surface area contributed by atoms with Gasteiger partial charge in [0.05, 0.1) is 12.8 Å². The number of likely N-dealkylation sites (N-methyl/N-ethyl adjacent to an activating group) is 1. The Morgan fingerprint density at radius 1 is 1.40 bits per heavy atom. The highest BCUT2D eigenvalue weighted by molar-refractivity contribution is 5.92. The first-order valence-corrected chi connectivity index (χ1v) is 6.31. The number of nitrogens with one attached hydrogen (secondary N) is 1. The lowest BCUT2D eigenvalue weighted by molar-refractivity contribution is -0.142. The normalized spacial score (nSPS) is 12.0. The zero-order valence-corrected chi connectivity index (χ0v) is 11.9. The summed E-state index contributed by atoms with van der Waals surface area (Å²) < 4.78 is 5.14. The summed E-state index contributed by atoms with van der Waals surface area (Å²) in [4.78, 5) is 24.3. The predicted octanol–water partition coefficient (Wildman–Crippen LogP) is 1.43. The van der Waals surface area contributed by atoms with Crippen molar-refractivity contribution < 1.29 is 19.4 Å². The Labute approximate surface area is 118 Å². The molecule has 1 unspecified atom stereocenters. The number of carboxylic acids is 1. The first-order chi connectivity index (χ1) is 9.45. The first kappa shape index (κ1) is 16.0. The number of carbonyl (C=O) groups is 2. The molecule has 1 aromatic carbocycles. The zero-order valence-electron chi connectivity index (χ0n) is 11.9. The second-order valence-corrected chi connectivity index (χ2v) is 4.49. The van der Waals surface area contributed by atoms with Crippen LogP contribution >= 0.6 is 0 Å². The maximum atomic E-state index is 11.8. The summed E-state index contributed by atoms with van der Waals surface area (Å²) in [7, 11) is 3.21. The van der Waals surface area contributed by atoms with Gasteiger partial charge in [0.15, 0.2) is 0 Å². The van der Waals surface area contributed by atoms with E-state index in [1.54, 1.807) is 37.1 Å². The van der Waals surface area contributed by atoms with Crippen molar-refractivity contribution in [1.82, 2.24) is 4.90 Å². The number of ether oxygens (including phenoxy) is 1. The van der Waals surface area contributed by atoms with Crippen LogP contribution in [-0.2, 0) is 9.59 Å². The predicted molar refractivity (Wildman–Crippen MR) is 76.0 cm³/mol. The van der Waals surface area contributed by atoms with Crippen LogP contribution in [0, 0.1) is 0 Å². The molecule has 0 spiro atoms. The molecule has 1 amide bonds. The summed E-state index contributed by atoms with van der Waals surface area (Å²) >= 11 is 0. The van der Waals surface area contributed by atoms with E-state index in [4.69, 9.17) is 9.84 Å². The quantitative estimate of drug-likeness (QED) is 0.790. The van der Waals surface area contributed by atoms with E-state index in [0.717, 1.165) is 0 Å². The van der Waals surface area contributed by atoms with Gasteiger partial charge in [-0.2, -0.15) is 0 Å². The van der Waals surface area contributed by atoms with Gasteiger partial charge < -0.3 is 15.2 Å². The Hall–Kier alpha value is -2.08. The maximum absolute atomic E-state index is 11.8. The Morgan fingerprint density at radius 3 is 2.65 bits per heavy atom. The van der Waals surface area contributed by atoms with Gasteiger partial charge in [0, 0.05) is 13.0 Å². The number of para-hydroxylation sites is 2. The highest BCUT2D eigenvalue weighted by Crippen LogP contribution is 2.22. The number of hydrogen-bond acceptors (Lipinski definition) is 4. The van der Waals surface area contributed by atoms with Gasteiger partial charge >= 0.3 is 5.97 Å². The van der Waals surface area contributed by atoms with E-state index in [9.17, 15) is 9.59 Å². The number of methoxy groups -OCH3 is 1. The lowest BCUT2D eigenvalue weighted by Crippen LogP contribution is -2.37. The third kappa shape index (κ3) is 4.55. The first-order valence-electron chi connectivity index (χ1n) is 6.31. The van der Waals surface area contributed by atoms with Crippen molar-refractivity contribution in [2.45, 2.75) is 19.4 Å². The lowest BCUT2D eigenvalue weighted by atomic mass is 10.2. The van der Waals surface area contributed by atoms with Crippen LogP contribution in [0.2, 0.25) is 0 Å². The molecular weight excluding hydrogens is 260 g/mol. The van der Waals surface area contributed by atoms with Crippen molar-refractivity contribution >= 4 is 17.6 Å². The van der Waals surface area contributed by atoms with Gasteiger partial charge in [0.1, 0.15) is 11.8 Å². The number of aliphatic carboxylic acids is 1. The van der Waals surface area contributed by atoms with Crippen molar-refractivity contribution in [2.24, 2.45) is 0 Å². The largest absolute Gasteiger partial charge is 0.495 e. The number of hydrogen-bond donors (Lipinski definition) is 2. The van der Waals surface area contributed by atoms with Crippen LogP contribution in [0.1, 0.15) is 13.3 Å². The SMILES string of the molecule is COc1ccccc1NC(=O)CCN(C)C(C)C(=O)O. The van der Waals surface area contributed by atoms with Crippen LogP contribution in [0.5, 0.6) is 5.75 Å². The summed E-state index contributed by atoms with van der Waals surface area (Å²) in [6.07, 6.45) is 0.214. The molecule has 0 aliphatic heterocycles. The van der Waals surface area contributed by atoms with Gasteiger partial charge in [-0.15, -0.1) is 0 Å². The molecule has 2 N–H and O–H groups in total. The molecule has 0 saturated heterocycles. The van der Waals surface area contributed by atoms with Crippen molar-refractivity contribution in [3.05, 3.63) is 24.3 Å². The summed E-state index contributed by atoms with van der Waals surface area (Å²) in [5, 5.41) is 11.6. The number of carboxylic acid groups (broad SMARTS) is 1. The van der Waals surface area contributed by atoms with E-state index in [1.807, 2.05) is 6.07 Å². The highest BCUT2D eigenvalue weighted by atomic mass is 16.5. The topological polar surface area (TPSA) is 78.9 Å². The molecule has 0 fully saturated rings. The van der Waals surface area contributed by atoms with Crippen LogP contribution in [0.15, 0.2) is 24.3 Å². The Kier molecular flexibility index (Phi) is 5.99. The molecule has 1 rings (SSSR count). The van der Waals surface area contributed by atoms with Gasteiger partial charge in [0.25, 0.3) is 0 Å². The molecule has 0 bridgehead atoms. The fourth-order valence-electron chi connectivity index (χ4n) is 1.62. The van der Waals surface area contributed by atoms with Gasteiger partial charge in [-0.1, -0.05) is 12.1 Å². The number of benzene rings is 1. The Morgan fingerprint density at radius 2 is 2.05 bits per heavy atom. The van der Waals surface area contributed by atoms with Crippen LogP contribution in [0.25, 0.3) is 0 Å². The number of rotatable bonds is 7. The summed E-state index contributed by atoms with van der Waals surface area (Å²) in [6.45, 7) is 1.95. The minimum absolute atomic E-state index is 0.182. The molecule has 0 saturated carbocycles. The average molecular weight is 280 g/mol. The number of carbonyl (C=O) groups excluding carboxylic acids is 1. The smallest absolute Gasteiger partial charge is 0.320 e. The van der Waals surface area contributed by atoms with Gasteiger partial charge in [0.2, 0.25) is 5.91 Å². The van der Waals surface area contributed by atoms with Crippen molar-refractivity contribution in [3.63, 3.8) is 0 Å². The standard InChI is InChI=1S/C14H20N2O4/c1-10(14(18)19)16(2)9-8-13(17)15-11-6-4-5-7-12(11)20-3/h4-7,10H,8-9H2,1-3H3,(H,15,17)(H,18,19). The van der Waals surface area contributed by atoms with Gasteiger partial charge in [-0.3, -0.25) is 14.5 Å². The average Bonchev–Trinajstić information content (AvgIpc) is 2.44. The van der Waals surface area contributed by atoms with Crippen molar-refractivity contribution in [1.29, 1.82) is 0 Å². The van der Waals surface area contributed by atoms with Crippen molar-refractivity contribution in [2.75, 3.05) is 26.0 Å². The highest BCUT2D eigenvalue weighted by Gasteiger charge is 2.17. The monoisotopic (exact) mass is 280 g/mol. The minimum atomic E-state index is -0.905. The molecule has 0 aliphatic rings. The molecule has 1 aromatic rings. The van der Waals surface area contributed by atoms with E-state index in [-0.39, 0.29) is 12.3 Å². The third-order valence-electron chi connectivity index (χ3n) is 3.09. The van der Waals surface area contributed by atoms with Crippen LogP contribution in [0.3, 0.4) is 0 Å². The molecule has 6 heteroatoms.